The minimum absolute atomic E-state index is 0. The fourth-order valence-corrected chi connectivity index (χ4v) is 4.35. The molecule has 0 aliphatic rings. The Kier molecular flexibility index (Phi) is 8.84. The molecule has 2 aromatic heterocycles. The molecule has 0 aliphatic carbocycles. The van der Waals surface area contributed by atoms with Crippen LogP contribution in [0.5, 0.6) is 0 Å². The number of rotatable bonds is 5. The van der Waals surface area contributed by atoms with Crippen LogP contribution in [0.25, 0.3) is 10.6 Å². The second-order valence-electron chi connectivity index (χ2n) is 5.76. The molecule has 5 nitrogen and oxygen atoms in total. The molecular formula is C18H22Cl2N4OS2. The van der Waals surface area contributed by atoms with Gasteiger partial charge in [-0.05, 0) is 13.8 Å². The largest absolute Gasteiger partial charge is 0.333 e. The molecule has 9 heteroatoms. The number of amides is 1. The molecule has 146 valence electrons. The Bertz CT molecular complexity index is 883. The molecule has 2 N–H and O–H groups in total. The second kappa shape index (κ2) is 10.1. The predicted octanol–water partition coefficient (Wildman–Crippen LogP) is 4.71. The molecule has 3 aromatic rings. The molecule has 0 saturated heterocycles. The Morgan fingerprint density at radius 1 is 1.22 bits per heavy atom. The van der Waals surface area contributed by atoms with E-state index in [0.717, 1.165) is 26.1 Å². The average Bonchev–Trinajstić information content (AvgIpc) is 3.27. The third-order valence-electron chi connectivity index (χ3n) is 4.08. The van der Waals surface area contributed by atoms with Gasteiger partial charge in [-0.2, -0.15) is 0 Å². The fraction of sp³-hybridized carbons (Fsp3) is 0.278. The molecule has 0 fully saturated rings. The first-order valence-electron chi connectivity index (χ1n) is 7.95. The number of hydrogen-bond acceptors (Lipinski definition) is 6. The molecule has 0 aliphatic heterocycles. The second-order valence-corrected chi connectivity index (χ2v) is 7.73. The van der Waals surface area contributed by atoms with Crippen LogP contribution in [-0.4, -0.2) is 27.8 Å². The lowest BCUT2D eigenvalue weighted by molar-refractivity contribution is 0.0739. The van der Waals surface area contributed by atoms with E-state index in [-0.39, 0.29) is 36.8 Å². The highest BCUT2D eigenvalue weighted by Gasteiger charge is 2.24. The number of nitrogens with zero attached hydrogens (tertiary/aromatic N) is 3. The fourth-order valence-electron chi connectivity index (χ4n) is 2.54. The number of aromatic nitrogens is 2. The summed E-state index contributed by atoms with van der Waals surface area (Å²) in [6, 6.07) is 10.0. The van der Waals surface area contributed by atoms with E-state index in [0.29, 0.717) is 12.2 Å². The Morgan fingerprint density at radius 2 is 1.89 bits per heavy atom. The van der Waals surface area contributed by atoms with Gasteiger partial charge in [-0.25, -0.2) is 9.97 Å². The minimum atomic E-state index is -0.0995. The van der Waals surface area contributed by atoms with E-state index >= 15 is 0 Å². The Balaban J connectivity index is 0.00000182. The number of aryl methyl sites for hydroxylation is 1. The Hall–Kier alpha value is -1.51. The summed E-state index contributed by atoms with van der Waals surface area (Å²) in [5, 5.41) is 3.51. The van der Waals surface area contributed by atoms with Crippen molar-refractivity contribution in [1.82, 2.24) is 14.9 Å². The van der Waals surface area contributed by atoms with Crippen molar-refractivity contribution < 1.29 is 4.79 Å². The highest BCUT2D eigenvalue weighted by atomic mass is 35.5. The number of carbonyl (C=O) groups is 1. The monoisotopic (exact) mass is 444 g/mol. The SMILES string of the molecule is Cc1nc(-c2ccccc2)sc1C(C)N(C)C(=O)c1csc(CN)n1.Cl.Cl. The van der Waals surface area contributed by atoms with Gasteiger partial charge in [-0.1, -0.05) is 30.3 Å². The van der Waals surface area contributed by atoms with Crippen LogP contribution in [0, 0.1) is 6.92 Å². The smallest absolute Gasteiger partial charge is 0.273 e. The molecule has 0 saturated carbocycles. The molecule has 3 rings (SSSR count). The van der Waals surface area contributed by atoms with Crippen LogP contribution in [0.3, 0.4) is 0 Å². The number of nitrogens with two attached hydrogens (primary N) is 1. The lowest BCUT2D eigenvalue weighted by Crippen LogP contribution is -2.29. The van der Waals surface area contributed by atoms with Crippen molar-refractivity contribution in [3.8, 4) is 10.6 Å². The molecule has 2 heterocycles. The van der Waals surface area contributed by atoms with E-state index in [4.69, 9.17) is 5.73 Å². The van der Waals surface area contributed by atoms with Crippen LogP contribution in [0.2, 0.25) is 0 Å². The lowest BCUT2D eigenvalue weighted by atomic mass is 10.2. The summed E-state index contributed by atoms with van der Waals surface area (Å²) in [5.41, 5.74) is 8.08. The zero-order valence-electron chi connectivity index (χ0n) is 15.2. The third-order valence-corrected chi connectivity index (χ3v) is 6.33. The van der Waals surface area contributed by atoms with Crippen molar-refractivity contribution in [2.75, 3.05) is 7.05 Å². The van der Waals surface area contributed by atoms with Gasteiger partial charge in [0.15, 0.2) is 0 Å². The van der Waals surface area contributed by atoms with Crippen molar-refractivity contribution in [3.05, 3.63) is 57.0 Å². The maximum atomic E-state index is 12.7. The van der Waals surface area contributed by atoms with Crippen LogP contribution in [0.4, 0.5) is 0 Å². The summed E-state index contributed by atoms with van der Waals surface area (Å²) in [6.07, 6.45) is 0. The normalized spacial score (nSPS) is 11.3. The van der Waals surface area contributed by atoms with E-state index in [1.165, 1.54) is 11.3 Å². The number of benzene rings is 1. The Morgan fingerprint density at radius 3 is 2.48 bits per heavy atom. The Labute approximate surface area is 179 Å². The highest BCUT2D eigenvalue weighted by molar-refractivity contribution is 7.15. The van der Waals surface area contributed by atoms with Crippen LogP contribution in [0.15, 0.2) is 35.7 Å². The standard InChI is InChI=1S/C18H20N4OS2.2ClH/c1-11-16(25-17(20-11)13-7-5-4-6-8-13)12(2)22(3)18(23)14-10-24-15(9-19)21-14;;/h4-8,10,12H,9,19H2,1-3H3;2*1H. The van der Waals surface area contributed by atoms with Crippen molar-refractivity contribution in [1.29, 1.82) is 0 Å². The van der Waals surface area contributed by atoms with Gasteiger partial charge in [0.05, 0.1) is 16.6 Å². The minimum Gasteiger partial charge on any atom is -0.333 e. The summed E-state index contributed by atoms with van der Waals surface area (Å²) in [6.45, 7) is 4.36. The van der Waals surface area contributed by atoms with Gasteiger partial charge in [0.2, 0.25) is 0 Å². The number of carbonyl (C=O) groups excluding carboxylic acids is 1. The topological polar surface area (TPSA) is 72.1 Å². The van der Waals surface area contributed by atoms with Gasteiger partial charge in [0.1, 0.15) is 15.7 Å². The molecule has 0 radical (unpaired) electrons. The van der Waals surface area contributed by atoms with Crippen LogP contribution in [0.1, 0.15) is 39.0 Å². The average molecular weight is 445 g/mol. The van der Waals surface area contributed by atoms with Gasteiger partial charge in [0, 0.05) is 24.5 Å². The quantitative estimate of drug-likeness (QED) is 0.618. The van der Waals surface area contributed by atoms with Crippen LogP contribution < -0.4 is 5.73 Å². The lowest BCUT2D eigenvalue weighted by Gasteiger charge is -2.23. The maximum absolute atomic E-state index is 12.7. The summed E-state index contributed by atoms with van der Waals surface area (Å²) in [7, 11) is 1.80. The molecular weight excluding hydrogens is 423 g/mol. The van der Waals surface area contributed by atoms with E-state index in [1.807, 2.05) is 44.2 Å². The molecule has 1 aromatic carbocycles. The molecule has 1 amide bonds. The first-order valence-corrected chi connectivity index (χ1v) is 9.65. The first kappa shape index (κ1) is 23.5. The van der Waals surface area contributed by atoms with E-state index in [2.05, 4.69) is 9.97 Å². The summed E-state index contributed by atoms with van der Waals surface area (Å²) in [5.74, 6) is -0.0995. The summed E-state index contributed by atoms with van der Waals surface area (Å²) in [4.78, 5) is 24.5. The summed E-state index contributed by atoms with van der Waals surface area (Å²) < 4.78 is 0. The molecule has 27 heavy (non-hydrogen) atoms. The van der Waals surface area contributed by atoms with Gasteiger partial charge in [-0.15, -0.1) is 47.5 Å². The predicted molar refractivity (Wildman–Crippen MR) is 117 cm³/mol. The zero-order chi connectivity index (χ0) is 18.0. The molecule has 1 unspecified atom stereocenters. The van der Waals surface area contributed by atoms with Crippen molar-refractivity contribution in [2.45, 2.75) is 26.4 Å². The number of halogens is 2. The number of hydrogen-bond donors (Lipinski definition) is 1. The van der Waals surface area contributed by atoms with Crippen LogP contribution in [-0.2, 0) is 6.54 Å². The first-order chi connectivity index (χ1) is 12.0. The molecule has 0 spiro atoms. The van der Waals surface area contributed by atoms with Gasteiger partial charge >= 0.3 is 0 Å². The van der Waals surface area contributed by atoms with Gasteiger partial charge in [0.25, 0.3) is 5.91 Å². The molecule has 1 atom stereocenters. The van der Waals surface area contributed by atoms with E-state index in [9.17, 15) is 4.79 Å². The number of thiazole rings is 2. The van der Waals surface area contributed by atoms with Crippen molar-refractivity contribution in [2.24, 2.45) is 5.73 Å². The summed E-state index contributed by atoms with van der Waals surface area (Å²) >= 11 is 3.04. The highest BCUT2D eigenvalue weighted by Crippen LogP contribution is 2.34. The van der Waals surface area contributed by atoms with Gasteiger partial charge < -0.3 is 10.6 Å². The molecule has 0 bridgehead atoms. The van der Waals surface area contributed by atoms with Crippen molar-refractivity contribution >= 4 is 53.4 Å². The van der Waals surface area contributed by atoms with E-state index in [1.54, 1.807) is 28.7 Å². The van der Waals surface area contributed by atoms with Crippen LogP contribution >= 0.6 is 47.5 Å². The van der Waals surface area contributed by atoms with Gasteiger partial charge in [-0.3, -0.25) is 4.79 Å². The van der Waals surface area contributed by atoms with Crippen molar-refractivity contribution in [3.63, 3.8) is 0 Å². The zero-order valence-corrected chi connectivity index (χ0v) is 18.5. The third kappa shape index (κ3) is 5.06. The van der Waals surface area contributed by atoms with E-state index < -0.39 is 0 Å². The maximum Gasteiger partial charge on any atom is 0.273 e.